The van der Waals surface area contributed by atoms with Crippen LogP contribution in [0.5, 0.6) is 17.2 Å². The molecule has 0 amide bonds. The van der Waals surface area contributed by atoms with Crippen LogP contribution in [-0.4, -0.2) is 23.8 Å². The summed E-state index contributed by atoms with van der Waals surface area (Å²) in [5, 5.41) is 2.90. The molecule has 172 valence electrons. The molecule has 0 fully saturated rings. The zero-order chi connectivity index (χ0) is 23.5. The molecule has 0 radical (unpaired) electrons. The summed E-state index contributed by atoms with van der Waals surface area (Å²) in [6.45, 7) is 1.09. The van der Waals surface area contributed by atoms with Crippen molar-refractivity contribution >= 4 is 33.4 Å². The molecule has 5 aromatic rings. The number of aryl methyl sites for hydroxylation is 2. The fourth-order valence-electron chi connectivity index (χ4n) is 4.25. The average Bonchev–Trinajstić information content (AvgIpc) is 3.22. The summed E-state index contributed by atoms with van der Waals surface area (Å²) in [7, 11) is 3.29. The quantitative estimate of drug-likeness (QED) is 0.252. The van der Waals surface area contributed by atoms with E-state index in [4.69, 9.17) is 30.8 Å². The van der Waals surface area contributed by atoms with Gasteiger partial charge in [0.1, 0.15) is 18.2 Å². The van der Waals surface area contributed by atoms with Gasteiger partial charge in [0.2, 0.25) is 0 Å². The highest BCUT2D eigenvalue weighted by atomic mass is 35.5. The van der Waals surface area contributed by atoms with E-state index in [2.05, 4.69) is 28.8 Å². The molecule has 0 bridgehead atoms. The van der Waals surface area contributed by atoms with Crippen LogP contribution in [0, 0.1) is 0 Å². The van der Waals surface area contributed by atoms with E-state index < -0.39 is 0 Å². The van der Waals surface area contributed by atoms with Crippen LogP contribution in [0.1, 0.15) is 11.4 Å². The largest absolute Gasteiger partial charge is 0.493 e. The first-order chi connectivity index (χ1) is 16.7. The standard InChI is InChI=1S/C28H25ClN2O3/c1-32-26-13-10-19(16-27(26)33-2)14-15-31-24-12-11-21(29)17-23(24)30-28(31)18-34-25-9-5-7-20-6-3-4-8-22(20)25/h3-13,16-17H,14-15,18H2,1-2H3. The second kappa shape index (κ2) is 9.65. The Bertz CT molecular complexity index is 1460. The summed E-state index contributed by atoms with van der Waals surface area (Å²) >= 11 is 6.25. The van der Waals surface area contributed by atoms with E-state index in [1.165, 1.54) is 0 Å². The van der Waals surface area contributed by atoms with Crippen molar-refractivity contribution in [2.45, 2.75) is 19.6 Å². The highest BCUT2D eigenvalue weighted by molar-refractivity contribution is 6.31. The fourth-order valence-corrected chi connectivity index (χ4v) is 4.42. The van der Waals surface area contributed by atoms with Gasteiger partial charge in [0, 0.05) is 17.0 Å². The molecule has 0 saturated heterocycles. The Kier molecular flexibility index (Phi) is 6.28. The fraction of sp³-hybridized carbons (Fsp3) is 0.179. The number of fused-ring (bicyclic) bond motifs is 2. The van der Waals surface area contributed by atoms with Crippen LogP contribution in [0.25, 0.3) is 21.8 Å². The van der Waals surface area contributed by atoms with Gasteiger partial charge in [0.15, 0.2) is 11.5 Å². The number of hydrogen-bond acceptors (Lipinski definition) is 4. The second-order valence-corrected chi connectivity index (χ2v) is 8.45. The smallest absolute Gasteiger partial charge is 0.160 e. The summed E-state index contributed by atoms with van der Waals surface area (Å²) in [6.07, 6.45) is 0.801. The summed E-state index contributed by atoms with van der Waals surface area (Å²) in [5.74, 6) is 3.14. The Labute approximate surface area is 203 Å². The summed E-state index contributed by atoms with van der Waals surface area (Å²) in [5.41, 5.74) is 3.03. The summed E-state index contributed by atoms with van der Waals surface area (Å²) in [6, 6.07) is 26.1. The van der Waals surface area contributed by atoms with Gasteiger partial charge in [0.05, 0.1) is 25.3 Å². The normalized spacial score (nSPS) is 11.1. The predicted octanol–water partition coefficient (Wildman–Crippen LogP) is 6.68. The van der Waals surface area contributed by atoms with Crippen molar-refractivity contribution in [1.29, 1.82) is 0 Å². The maximum absolute atomic E-state index is 6.27. The number of halogens is 1. The number of rotatable bonds is 8. The third kappa shape index (κ3) is 4.39. The van der Waals surface area contributed by atoms with Gasteiger partial charge < -0.3 is 18.8 Å². The van der Waals surface area contributed by atoms with E-state index in [1.807, 2.05) is 54.6 Å². The minimum absolute atomic E-state index is 0.353. The van der Waals surface area contributed by atoms with Gasteiger partial charge in [-0.2, -0.15) is 0 Å². The number of benzene rings is 4. The van der Waals surface area contributed by atoms with Crippen molar-refractivity contribution < 1.29 is 14.2 Å². The summed E-state index contributed by atoms with van der Waals surface area (Å²) in [4.78, 5) is 4.85. The first kappa shape index (κ1) is 22.1. The first-order valence-corrected chi connectivity index (χ1v) is 11.5. The number of aromatic nitrogens is 2. The van der Waals surface area contributed by atoms with Crippen LogP contribution >= 0.6 is 11.6 Å². The molecule has 0 atom stereocenters. The lowest BCUT2D eigenvalue weighted by atomic mass is 10.1. The molecule has 0 saturated carbocycles. The van der Waals surface area contributed by atoms with Crippen LogP contribution in [-0.2, 0) is 19.6 Å². The molecular formula is C28H25ClN2O3. The van der Waals surface area contributed by atoms with E-state index >= 15 is 0 Å². The highest BCUT2D eigenvalue weighted by Crippen LogP contribution is 2.29. The third-order valence-electron chi connectivity index (χ3n) is 5.97. The van der Waals surface area contributed by atoms with Gasteiger partial charge in [-0.25, -0.2) is 4.98 Å². The molecule has 1 aromatic heterocycles. The van der Waals surface area contributed by atoms with Crippen molar-refractivity contribution in [2.75, 3.05) is 14.2 Å². The van der Waals surface area contributed by atoms with Gasteiger partial charge in [-0.3, -0.25) is 0 Å². The molecule has 4 aromatic carbocycles. The lowest BCUT2D eigenvalue weighted by Crippen LogP contribution is -2.09. The molecule has 5 nitrogen and oxygen atoms in total. The van der Waals surface area contributed by atoms with E-state index in [-0.39, 0.29) is 0 Å². The van der Waals surface area contributed by atoms with E-state index in [0.717, 1.165) is 63.4 Å². The number of nitrogens with zero attached hydrogens (tertiary/aromatic N) is 2. The molecule has 0 aliphatic heterocycles. The van der Waals surface area contributed by atoms with Crippen molar-refractivity contribution in [3.8, 4) is 17.2 Å². The summed E-state index contributed by atoms with van der Waals surface area (Å²) < 4.78 is 19.3. The van der Waals surface area contributed by atoms with E-state index in [1.54, 1.807) is 14.2 Å². The van der Waals surface area contributed by atoms with Crippen molar-refractivity contribution in [3.63, 3.8) is 0 Å². The number of ether oxygens (including phenoxy) is 3. The van der Waals surface area contributed by atoms with Gasteiger partial charge >= 0.3 is 0 Å². The number of methoxy groups -OCH3 is 2. The first-order valence-electron chi connectivity index (χ1n) is 11.1. The Morgan fingerprint density at radius 1 is 0.824 bits per heavy atom. The number of hydrogen-bond donors (Lipinski definition) is 0. The molecular weight excluding hydrogens is 448 g/mol. The van der Waals surface area contributed by atoms with Crippen molar-refractivity contribution in [1.82, 2.24) is 9.55 Å². The topological polar surface area (TPSA) is 45.5 Å². The SMILES string of the molecule is COc1ccc(CCn2c(COc3cccc4ccccc34)nc3cc(Cl)ccc32)cc1OC. The molecule has 0 N–H and O–H groups in total. The maximum Gasteiger partial charge on any atom is 0.160 e. The van der Waals surface area contributed by atoms with Crippen LogP contribution in [0.3, 0.4) is 0 Å². The molecule has 6 heteroatoms. The van der Waals surface area contributed by atoms with Crippen molar-refractivity contribution in [3.05, 3.63) is 95.3 Å². The van der Waals surface area contributed by atoms with Gasteiger partial charge in [-0.15, -0.1) is 0 Å². The Morgan fingerprint density at radius 2 is 1.65 bits per heavy atom. The lowest BCUT2D eigenvalue weighted by Gasteiger charge is -2.13. The molecule has 1 heterocycles. The van der Waals surface area contributed by atoms with Crippen LogP contribution < -0.4 is 14.2 Å². The van der Waals surface area contributed by atoms with Crippen LogP contribution in [0.4, 0.5) is 0 Å². The lowest BCUT2D eigenvalue weighted by molar-refractivity contribution is 0.293. The zero-order valence-electron chi connectivity index (χ0n) is 19.1. The average molecular weight is 473 g/mol. The molecule has 0 aliphatic carbocycles. The monoisotopic (exact) mass is 472 g/mol. The second-order valence-electron chi connectivity index (χ2n) is 8.02. The Hall–Kier alpha value is -3.70. The third-order valence-corrected chi connectivity index (χ3v) is 6.20. The molecule has 34 heavy (non-hydrogen) atoms. The maximum atomic E-state index is 6.27. The van der Waals surface area contributed by atoms with Gasteiger partial charge in [-0.05, 0) is 53.8 Å². The van der Waals surface area contributed by atoms with E-state index in [0.29, 0.717) is 11.6 Å². The Morgan fingerprint density at radius 3 is 2.50 bits per heavy atom. The molecule has 0 unspecified atom stereocenters. The number of imidazole rings is 1. The van der Waals surface area contributed by atoms with Crippen LogP contribution in [0.15, 0.2) is 78.9 Å². The molecule has 0 aliphatic rings. The van der Waals surface area contributed by atoms with Gasteiger partial charge in [-0.1, -0.05) is 54.1 Å². The molecule has 5 rings (SSSR count). The Balaban J connectivity index is 1.44. The van der Waals surface area contributed by atoms with E-state index in [9.17, 15) is 0 Å². The highest BCUT2D eigenvalue weighted by Gasteiger charge is 2.14. The predicted molar refractivity (Wildman–Crippen MR) is 136 cm³/mol. The van der Waals surface area contributed by atoms with Crippen LogP contribution in [0.2, 0.25) is 5.02 Å². The van der Waals surface area contributed by atoms with Gasteiger partial charge in [0.25, 0.3) is 0 Å². The zero-order valence-corrected chi connectivity index (χ0v) is 19.9. The van der Waals surface area contributed by atoms with Crippen molar-refractivity contribution in [2.24, 2.45) is 0 Å². The minimum atomic E-state index is 0.353. The minimum Gasteiger partial charge on any atom is -0.493 e. The molecule has 0 spiro atoms.